The Hall–Kier alpha value is -1.26. The van der Waals surface area contributed by atoms with Crippen molar-refractivity contribution in [3.8, 4) is 11.8 Å². The lowest BCUT2D eigenvalue weighted by atomic mass is 10.1. The first-order valence-electron chi connectivity index (χ1n) is 4.98. The molecule has 72 valence electrons. The van der Waals surface area contributed by atoms with E-state index < -0.39 is 0 Å². The maximum absolute atomic E-state index is 5.33. The quantitative estimate of drug-likeness (QED) is 0.485. The molecule has 1 aromatic rings. The topological polar surface area (TPSA) is 12.5 Å². The predicted octanol–water partition coefficient (Wildman–Crippen LogP) is 2.53. The second-order valence-corrected chi connectivity index (χ2v) is 3.70. The number of hydrogen-bond acceptors (Lipinski definition) is 1. The van der Waals surface area contributed by atoms with E-state index in [0.717, 1.165) is 18.6 Å². The third-order valence-corrected chi connectivity index (χ3v) is 2.63. The highest BCUT2D eigenvalue weighted by molar-refractivity contribution is 5.42. The number of hydrogen-bond donors (Lipinski definition) is 0. The lowest BCUT2D eigenvalue weighted by molar-refractivity contribution is 0.353. The molecule has 1 unspecified atom stereocenters. The SMILES string of the molecule is CCC1(C#Cc2ccccc2C)CO1. The summed E-state index contributed by atoms with van der Waals surface area (Å²) < 4.78 is 5.33. The summed E-state index contributed by atoms with van der Waals surface area (Å²) in [5, 5.41) is 0. The first-order chi connectivity index (χ1) is 6.76. The number of aryl methyl sites for hydroxylation is 1. The van der Waals surface area contributed by atoms with Gasteiger partial charge >= 0.3 is 0 Å². The molecule has 0 aromatic heterocycles. The summed E-state index contributed by atoms with van der Waals surface area (Å²) in [7, 11) is 0. The van der Waals surface area contributed by atoms with Gasteiger partial charge < -0.3 is 4.74 Å². The Bertz CT molecular complexity index is 391. The number of ether oxygens (including phenoxy) is 1. The van der Waals surface area contributed by atoms with E-state index in [1.165, 1.54) is 5.56 Å². The fourth-order valence-corrected chi connectivity index (χ4v) is 1.35. The van der Waals surface area contributed by atoms with Gasteiger partial charge in [-0.2, -0.15) is 0 Å². The lowest BCUT2D eigenvalue weighted by Gasteiger charge is -1.98. The van der Waals surface area contributed by atoms with Crippen LogP contribution in [0.1, 0.15) is 24.5 Å². The summed E-state index contributed by atoms with van der Waals surface area (Å²) in [5.74, 6) is 6.40. The van der Waals surface area contributed by atoms with E-state index >= 15 is 0 Å². The molecule has 0 radical (unpaired) electrons. The summed E-state index contributed by atoms with van der Waals surface area (Å²) in [6.45, 7) is 4.98. The number of benzene rings is 1. The molecule has 1 heteroatoms. The molecular weight excluding hydrogens is 172 g/mol. The number of rotatable bonds is 1. The molecule has 0 bridgehead atoms. The molecular formula is C13H14O. The van der Waals surface area contributed by atoms with Crippen LogP contribution in [-0.4, -0.2) is 12.2 Å². The smallest absolute Gasteiger partial charge is 0.152 e. The van der Waals surface area contributed by atoms with Gasteiger partial charge in [0.15, 0.2) is 5.60 Å². The molecule has 1 nitrogen and oxygen atoms in total. The molecule has 1 aliphatic heterocycles. The standard InChI is InChI=1S/C13H14O/c1-3-13(10-14-13)9-8-12-7-5-4-6-11(12)2/h4-7H,3,10H2,1-2H3. The van der Waals surface area contributed by atoms with Gasteiger partial charge in [0, 0.05) is 5.56 Å². The fourth-order valence-electron chi connectivity index (χ4n) is 1.35. The van der Waals surface area contributed by atoms with E-state index in [0.29, 0.717) is 0 Å². The van der Waals surface area contributed by atoms with Crippen molar-refractivity contribution in [1.29, 1.82) is 0 Å². The van der Waals surface area contributed by atoms with Crippen LogP contribution in [0.25, 0.3) is 0 Å². The molecule has 2 rings (SSSR count). The Labute approximate surface area is 85.1 Å². The average Bonchev–Trinajstić information content (AvgIpc) is 2.98. The van der Waals surface area contributed by atoms with E-state index in [2.05, 4.69) is 31.8 Å². The minimum Gasteiger partial charge on any atom is -0.356 e. The summed E-state index contributed by atoms with van der Waals surface area (Å²) in [4.78, 5) is 0. The maximum atomic E-state index is 5.33. The van der Waals surface area contributed by atoms with Crippen molar-refractivity contribution < 1.29 is 4.74 Å². The molecule has 14 heavy (non-hydrogen) atoms. The van der Waals surface area contributed by atoms with Crippen LogP contribution >= 0.6 is 0 Å². The Balaban J connectivity index is 2.22. The molecule has 0 saturated carbocycles. The van der Waals surface area contributed by atoms with E-state index in [-0.39, 0.29) is 5.60 Å². The van der Waals surface area contributed by atoms with E-state index in [4.69, 9.17) is 4.74 Å². The Morgan fingerprint density at radius 3 is 2.71 bits per heavy atom. The minimum atomic E-state index is -0.123. The second-order valence-electron chi connectivity index (χ2n) is 3.70. The van der Waals surface area contributed by atoms with Gasteiger partial charge in [-0.15, -0.1) is 0 Å². The van der Waals surface area contributed by atoms with Gasteiger partial charge in [-0.05, 0) is 25.0 Å². The van der Waals surface area contributed by atoms with Crippen LogP contribution < -0.4 is 0 Å². The molecule has 0 aliphatic carbocycles. The van der Waals surface area contributed by atoms with Gasteiger partial charge in [0.2, 0.25) is 0 Å². The van der Waals surface area contributed by atoms with Crippen molar-refractivity contribution in [2.75, 3.05) is 6.61 Å². The lowest BCUT2D eigenvalue weighted by Crippen LogP contribution is -2.04. The third kappa shape index (κ3) is 1.81. The second kappa shape index (κ2) is 3.48. The van der Waals surface area contributed by atoms with Crippen LogP contribution in [-0.2, 0) is 4.74 Å². The molecule has 1 heterocycles. The summed E-state index contributed by atoms with van der Waals surface area (Å²) in [5.41, 5.74) is 2.21. The van der Waals surface area contributed by atoms with Crippen molar-refractivity contribution >= 4 is 0 Å². The van der Waals surface area contributed by atoms with Gasteiger partial charge in [0.1, 0.15) is 0 Å². The average molecular weight is 186 g/mol. The van der Waals surface area contributed by atoms with Gasteiger partial charge in [-0.1, -0.05) is 37.0 Å². The van der Waals surface area contributed by atoms with Crippen LogP contribution in [0.2, 0.25) is 0 Å². The highest BCUT2D eigenvalue weighted by Crippen LogP contribution is 2.29. The largest absolute Gasteiger partial charge is 0.356 e. The molecule has 0 spiro atoms. The first kappa shape index (κ1) is 9.30. The molecule has 1 saturated heterocycles. The zero-order chi connectivity index (χ0) is 10.0. The first-order valence-corrected chi connectivity index (χ1v) is 4.98. The Morgan fingerprint density at radius 1 is 1.43 bits per heavy atom. The van der Waals surface area contributed by atoms with E-state index in [1.54, 1.807) is 0 Å². The number of epoxide rings is 1. The van der Waals surface area contributed by atoms with Crippen molar-refractivity contribution in [3.63, 3.8) is 0 Å². The predicted molar refractivity (Wildman–Crippen MR) is 57.0 cm³/mol. The van der Waals surface area contributed by atoms with Crippen LogP contribution in [0.15, 0.2) is 24.3 Å². The zero-order valence-corrected chi connectivity index (χ0v) is 8.63. The molecule has 1 aromatic carbocycles. The minimum absolute atomic E-state index is 0.123. The molecule has 1 fully saturated rings. The Kier molecular flexibility index (Phi) is 2.31. The molecule has 1 aliphatic rings. The van der Waals surface area contributed by atoms with Crippen LogP contribution in [0.5, 0.6) is 0 Å². The van der Waals surface area contributed by atoms with Crippen molar-refractivity contribution in [1.82, 2.24) is 0 Å². The molecule has 1 atom stereocenters. The Morgan fingerprint density at radius 2 is 2.14 bits per heavy atom. The highest BCUT2D eigenvalue weighted by Gasteiger charge is 2.40. The van der Waals surface area contributed by atoms with Crippen LogP contribution in [0, 0.1) is 18.8 Å². The monoisotopic (exact) mass is 186 g/mol. The maximum Gasteiger partial charge on any atom is 0.152 e. The van der Waals surface area contributed by atoms with Crippen LogP contribution in [0.3, 0.4) is 0 Å². The molecule has 0 N–H and O–H groups in total. The normalized spacial score (nSPS) is 23.9. The third-order valence-electron chi connectivity index (χ3n) is 2.63. The van der Waals surface area contributed by atoms with Crippen molar-refractivity contribution in [2.24, 2.45) is 0 Å². The van der Waals surface area contributed by atoms with Crippen molar-refractivity contribution in [2.45, 2.75) is 25.9 Å². The van der Waals surface area contributed by atoms with Gasteiger partial charge in [0.05, 0.1) is 6.61 Å². The van der Waals surface area contributed by atoms with Gasteiger partial charge in [-0.25, -0.2) is 0 Å². The summed E-state index contributed by atoms with van der Waals surface area (Å²) in [6, 6.07) is 8.18. The molecule has 0 amide bonds. The summed E-state index contributed by atoms with van der Waals surface area (Å²) in [6.07, 6.45) is 0.978. The van der Waals surface area contributed by atoms with Gasteiger partial charge in [-0.3, -0.25) is 0 Å². The van der Waals surface area contributed by atoms with Crippen LogP contribution in [0.4, 0.5) is 0 Å². The highest BCUT2D eigenvalue weighted by atomic mass is 16.6. The van der Waals surface area contributed by atoms with Crippen molar-refractivity contribution in [3.05, 3.63) is 35.4 Å². The van der Waals surface area contributed by atoms with E-state index in [1.807, 2.05) is 18.2 Å². The zero-order valence-electron chi connectivity index (χ0n) is 8.63. The van der Waals surface area contributed by atoms with Gasteiger partial charge in [0.25, 0.3) is 0 Å². The summed E-state index contributed by atoms with van der Waals surface area (Å²) >= 11 is 0. The van der Waals surface area contributed by atoms with E-state index in [9.17, 15) is 0 Å². The fraction of sp³-hybridized carbons (Fsp3) is 0.385.